The molecule has 0 aliphatic heterocycles. The molecule has 1 atom stereocenters. The minimum absolute atomic E-state index is 0.0316. The summed E-state index contributed by atoms with van der Waals surface area (Å²) in [6.07, 6.45) is 0. The second-order valence-electron chi connectivity index (χ2n) is 6.49. The van der Waals surface area contributed by atoms with E-state index >= 15 is 0 Å². The average Bonchev–Trinajstić information content (AvgIpc) is 2.75. The molecular weight excluding hydrogens is 322 g/mol. The molecule has 1 unspecified atom stereocenters. The van der Waals surface area contributed by atoms with E-state index in [1.165, 1.54) is 0 Å². The van der Waals surface area contributed by atoms with E-state index in [0.29, 0.717) is 18.0 Å². The number of nitrogens with one attached hydrogen (secondary N) is 2. The van der Waals surface area contributed by atoms with Crippen molar-refractivity contribution in [2.75, 3.05) is 13.6 Å². The largest absolute Gasteiger partial charge is 0.349 e. The fourth-order valence-electron chi connectivity index (χ4n) is 2.61. The number of likely N-dealkylation sites (N-methyl/N-ethyl adjacent to an activating group) is 1. The van der Waals surface area contributed by atoms with Crippen molar-refractivity contribution in [2.45, 2.75) is 33.5 Å². The van der Waals surface area contributed by atoms with Crippen LogP contribution in [-0.2, 0) is 18.5 Å². The summed E-state index contributed by atoms with van der Waals surface area (Å²) in [6, 6.07) is 8.26. The molecule has 1 heterocycles. The Morgan fingerprint density at radius 2 is 2.04 bits per heavy atom. The molecule has 0 aliphatic carbocycles. The van der Waals surface area contributed by atoms with Gasteiger partial charge in [-0.3, -0.25) is 4.79 Å². The molecule has 2 N–H and O–H groups in total. The number of carbonyl (C=O) groups excluding carboxylic acids is 1. The lowest BCUT2D eigenvalue weighted by molar-refractivity contribution is -0.895. The van der Waals surface area contributed by atoms with Crippen molar-refractivity contribution in [3.8, 4) is 11.4 Å². The van der Waals surface area contributed by atoms with E-state index in [2.05, 4.69) is 23.4 Å². The lowest BCUT2D eigenvalue weighted by atomic mass is 10.1. The summed E-state index contributed by atoms with van der Waals surface area (Å²) in [7, 11) is 3.89. The predicted molar refractivity (Wildman–Crippen MR) is 97.2 cm³/mol. The van der Waals surface area contributed by atoms with Crippen LogP contribution >= 0.6 is 12.2 Å². The van der Waals surface area contributed by atoms with Gasteiger partial charge in [-0.15, -0.1) is 5.10 Å². The third-order valence-corrected chi connectivity index (χ3v) is 4.24. The third-order valence-electron chi connectivity index (χ3n) is 3.76. The molecule has 0 saturated carbocycles. The molecule has 0 aliphatic rings. The first-order valence-electron chi connectivity index (χ1n) is 8.10. The van der Waals surface area contributed by atoms with E-state index < -0.39 is 0 Å². The van der Waals surface area contributed by atoms with Gasteiger partial charge in [0.15, 0.2) is 19.0 Å². The van der Waals surface area contributed by atoms with E-state index in [4.69, 9.17) is 12.2 Å². The summed E-state index contributed by atoms with van der Waals surface area (Å²) in [5.74, 6) is 0.876. The lowest BCUT2D eigenvalue weighted by Crippen LogP contribution is -3.09. The minimum Gasteiger partial charge on any atom is -0.349 e. The van der Waals surface area contributed by atoms with Crippen LogP contribution in [0.5, 0.6) is 0 Å². The zero-order valence-electron chi connectivity index (χ0n) is 15.0. The van der Waals surface area contributed by atoms with Crippen LogP contribution in [0.1, 0.15) is 19.4 Å². The number of hydrogen-bond acceptors (Lipinski definition) is 3. The van der Waals surface area contributed by atoms with Gasteiger partial charge in [-0.25, -0.2) is 0 Å². The van der Waals surface area contributed by atoms with Crippen LogP contribution in [0.2, 0.25) is 0 Å². The number of carbonyl (C=O) groups is 1. The van der Waals surface area contributed by atoms with Gasteiger partial charge >= 0.3 is 0 Å². The summed E-state index contributed by atoms with van der Waals surface area (Å²) in [6.45, 7) is 6.90. The maximum Gasteiger partial charge on any atom is 0.275 e. The van der Waals surface area contributed by atoms with Gasteiger partial charge in [-0.05, 0) is 38.6 Å². The van der Waals surface area contributed by atoms with Gasteiger partial charge in [0.05, 0.1) is 7.05 Å². The predicted octanol–water partition coefficient (Wildman–Crippen LogP) is 0.923. The molecule has 2 rings (SSSR count). The molecule has 0 spiro atoms. The molecule has 0 radical (unpaired) electrons. The lowest BCUT2D eigenvalue weighted by Gasteiger charge is -2.14. The Morgan fingerprint density at radius 1 is 1.38 bits per heavy atom. The van der Waals surface area contributed by atoms with E-state index in [0.717, 1.165) is 21.9 Å². The summed E-state index contributed by atoms with van der Waals surface area (Å²) in [5.41, 5.74) is 2.23. The van der Waals surface area contributed by atoms with E-state index in [1.807, 2.05) is 50.7 Å². The maximum atomic E-state index is 11.9. The molecule has 1 aromatic heterocycles. The summed E-state index contributed by atoms with van der Waals surface area (Å²) >= 11 is 5.51. The van der Waals surface area contributed by atoms with Crippen molar-refractivity contribution in [1.29, 1.82) is 0 Å². The van der Waals surface area contributed by atoms with Gasteiger partial charge < -0.3 is 14.8 Å². The van der Waals surface area contributed by atoms with E-state index in [1.54, 1.807) is 4.68 Å². The normalized spacial score (nSPS) is 12.4. The molecule has 1 amide bonds. The molecule has 24 heavy (non-hydrogen) atoms. The van der Waals surface area contributed by atoms with Crippen molar-refractivity contribution in [3.63, 3.8) is 0 Å². The van der Waals surface area contributed by atoms with Crippen LogP contribution < -0.4 is 10.2 Å². The van der Waals surface area contributed by atoms with Gasteiger partial charge in [0.2, 0.25) is 4.77 Å². The van der Waals surface area contributed by atoms with Crippen LogP contribution in [-0.4, -0.2) is 39.9 Å². The van der Waals surface area contributed by atoms with Crippen LogP contribution in [0.3, 0.4) is 0 Å². The highest BCUT2D eigenvalue weighted by Crippen LogP contribution is 2.20. The molecule has 0 fully saturated rings. The third kappa shape index (κ3) is 4.30. The highest BCUT2D eigenvalue weighted by Gasteiger charge is 2.16. The van der Waals surface area contributed by atoms with E-state index in [9.17, 15) is 4.79 Å². The highest BCUT2D eigenvalue weighted by atomic mass is 32.1. The summed E-state index contributed by atoms with van der Waals surface area (Å²) in [5, 5.41) is 7.57. The van der Waals surface area contributed by atoms with Gasteiger partial charge in [0, 0.05) is 18.7 Å². The Hall–Kier alpha value is -1.99. The molecule has 130 valence electrons. The minimum atomic E-state index is 0.0316. The van der Waals surface area contributed by atoms with Crippen LogP contribution in [0.15, 0.2) is 24.3 Å². The molecule has 0 saturated heterocycles. The number of rotatable bonds is 6. The van der Waals surface area contributed by atoms with Crippen molar-refractivity contribution in [3.05, 3.63) is 34.6 Å². The first kappa shape index (κ1) is 18.4. The Labute approximate surface area is 148 Å². The summed E-state index contributed by atoms with van der Waals surface area (Å²) < 4.78 is 4.35. The Bertz CT molecular complexity index is 778. The van der Waals surface area contributed by atoms with Crippen LogP contribution in [0.25, 0.3) is 11.4 Å². The Kier molecular flexibility index (Phi) is 5.90. The fourth-order valence-corrected chi connectivity index (χ4v) is 2.80. The van der Waals surface area contributed by atoms with Crippen molar-refractivity contribution in [2.24, 2.45) is 7.05 Å². The smallest absolute Gasteiger partial charge is 0.275 e. The fraction of sp³-hybridized carbons (Fsp3) is 0.471. The number of aryl methyl sites for hydroxylation is 1. The monoisotopic (exact) mass is 348 g/mol. The van der Waals surface area contributed by atoms with Crippen LogP contribution in [0.4, 0.5) is 0 Å². The van der Waals surface area contributed by atoms with Gasteiger partial charge in [-0.1, -0.05) is 24.3 Å². The molecule has 0 bridgehead atoms. The molecule has 1 aromatic carbocycles. The van der Waals surface area contributed by atoms with Gasteiger partial charge in [0.25, 0.3) is 5.91 Å². The van der Waals surface area contributed by atoms with Crippen molar-refractivity contribution < 1.29 is 9.69 Å². The number of quaternary nitrogens is 1. The second-order valence-corrected chi connectivity index (χ2v) is 6.86. The molecular formula is C17H26N5OS+. The topological polar surface area (TPSA) is 56.3 Å². The first-order chi connectivity index (χ1) is 11.3. The second kappa shape index (κ2) is 7.72. The molecule has 2 aromatic rings. The number of benzene rings is 1. The first-order valence-corrected chi connectivity index (χ1v) is 8.51. The highest BCUT2D eigenvalue weighted by molar-refractivity contribution is 7.71. The average molecular weight is 348 g/mol. The SMILES string of the molecule is Cc1ccccc1-c1nn(C[NH+](C)CC(=O)NC(C)C)c(=S)n1C. The van der Waals surface area contributed by atoms with Crippen molar-refractivity contribution in [1.82, 2.24) is 19.7 Å². The quantitative estimate of drug-likeness (QED) is 0.764. The standard InChI is InChI=1S/C17H25N5OS/c1-12(2)18-15(23)10-20(4)11-22-17(24)21(5)16(19-22)14-9-7-6-8-13(14)3/h6-9,12H,10-11H2,1-5H3,(H,18,23)/p+1. The van der Waals surface area contributed by atoms with E-state index in [-0.39, 0.29) is 11.9 Å². The van der Waals surface area contributed by atoms with Crippen LogP contribution in [0, 0.1) is 11.7 Å². The number of aromatic nitrogens is 3. The Morgan fingerprint density at radius 3 is 2.67 bits per heavy atom. The number of nitrogens with zero attached hydrogens (tertiary/aromatic N) is 3. The van der Waals surface area contributed by atoms with Gasteiger partial charge in [0.1, 0.15) is 0 Å². The zero-order chi connectivity index (χ0) is 17.9. The molecule has 7 heteroatoms. The van der Waals surface area contributed by atoms with Crippen molar-refractivity contribution >= 4 is 18.1 Å². The zero-order valence-corrected chi connectivity index (χ0v) is 15.8. The number of hydrogen-bond donors (Lipinski definition) is 2. The summed E-state index contributed by atoms with van der Waals surface area (Å²) in [4.78, 5) is 12.9. The maximum absolute atomic E-state index is 11.9. The van der Waals surface area contributed by atoms with Gasteiger partial charge in [-0.2, -0.15) is 4.68 Å². The number of amides is 1. The Balaban J connectivity index is 2.18. The molecule has 6 nitrogen and oxygen atoms in total.